The molecule has 27 heavy (non-hydrogen) atoms. The molecule has 1 saturated heterocycles. The molecule has 2 atom stereocenters. The van der Waals surface area contributed by atoms with Crippen molar-refractivity contribution in [3.8, 4) is 5.75 Å². The van der Waals surface area contributed by atoms with Gasteiger partial charge in [0.25, 0.3) is 5.91 Å². The van der Waals surface area contributed by atoms with Gasteiger partial charge in [-0.15, -0.1) is 0 Å². The predicted octanol–water partition coefficient (Wildman–Crippen LogP) is 2.00. The molecule has 0 radical (unpaired) electrons. The van der Waals surface area contributed by atoms with E-state index in [1.807, 2.05) is 6.07 Å². The van der Waals surface area contributed by atoms with Crippen LogP contribution in [0.3, 0.4) is 0 Å². The summed E-state index contributed by atoms with van der Waals surface area (Å²) in [5.41, 5.74) is 1.10. The molecule has 2 heterocycles. The number of rotatable bonds is 6. The summed E-state index contributed by atoms with van der Waals surface area (Å²) >= 11 is 0. The van der Waals surface area contributed by atoms with Crippen LogP contribution >= 0.6 is 0 Å². The van der Waals surface area contributed by atoms with Crippen LogP contribution in [0.5, 0.6) is 5.75 Å². The summed E-state index contributed by atoms with van der Waals surface area (Å²) in [6.45, 7) is 0.246. The standard InChI is InChI=1S/C20H22FN3O3/c1-27-18-7-4-5-14(9-18)20(26)23-12-17-10-15(21)13-24(17)19(25)11-16-6-2-3-8-22-16/h2-9,15,17H,10-13H2,1H3,(H,23,26)/t15-,17-/m0/s1. The van der Waals surface area contributed by atoms with Gasteiger partial charge in [-0.2, -0.15) is 0 Å². The largest absolute Gasteiger partial charge is 0.497 e. The quantitative estimate of drug-likeness (QED) is 0.843. The van der Waals surface area contributed by atoms with Gasteiger partial charge in [-0.05, 0) is 30.3 Å². The Kier molecular flexibility index (Phi) is 6.01. The lowest BCUT2D eigenvalue weighted by Crippen LogP contribution is -2.43. The Morgan fingerprint density at radius 1 is 1.30 bits per heavy atom. The molecule has 0 aliphatic carbocycles. The second kappa shape index (κ2) is 8.62. The van der Waals surface area contributed by atoms with Gasteiger partial charge in [0.05, 0.1) is 26.1 Å². The Bertz CT molecular complexity index is 800. The Hall–Kier alpha value is -2.96. The fourth-order valence-electron chi connectivity index (χ4n) is 3.19. The number of hydrogen-bond acceptors (Lipinski definition) is 4. The first-order valence-corrected chi connectivity index (χ1v) is 8.82. The third-order valence-corrected chi connectivity index (χ3v) is 4.57. The molecule has 1 aromatic carbocycles. The van der Waals surface area contributed by atoms with E-state index >= 15 is 0 Å². The van der Waals surface area contributed by atoms with Crippen LogP contribution in [-0.2, 0) is 11.2 Å². The van der Waals surface area contributed by atoms with Crippen molar-refractivity contribution in [1.29, 1.82) is 0 Å². The number of methoxy groups -OCH3 is 1. The number of nitrogens with zero attached hydrogens (tertiary/aromatic N) is 2. The highest BCUT2D eigenvalue weighted by molar-refractivity contribution is 5.94. The number of nitrogens with one attached hydrogen (secondary N) is 1. The Morgan fingerprint density at radius 2 is 2.15 bits per heavy atom. The third-order valence-electron chi connectivity index (χ3n) is 4.57. The second-order valence-electron chi connectivity index (χ2n) is 6.47. The maximum Gasteiger partial charge on any atom is 0.251 e. The number of hydrogen-bond donors (Lipinski definition) is 1. The van der Waals surface area contributed by atoms with Crippen LogP contribution in [0, 0.1) is 0 Å². The van der Waals surface area contributed by atoms with Crippen molar-refractivity contribution in [2.45, 2.75) is 25.1 Å². The first-order chi connectivity index (χ1) is 13.1. The maximum atomic E-state index is 13.9. The number of ether oxygens (including phenoxy) is 1. The molecule has 0 bridgehead atoms. The number of benzene rings is 1. The highest BCUT2D eigenvalue weighted by Gasteiger charge is 2.35. The zero-order valence-electron chi connectivity index (χ0n) is 15.1. The summed E-state index contributed by atoms with van der Waals surface area (Å²) in [6.07, 6.45) is 0.868. The van der Waals surface area contributed by atoms with Gasteiger partial charge in [0.1, 0.15) is 11.9 Å². The van der Waals surface area contributed by atoms with Gasteiger partial charge < -0.3 is 15.0 Å². The van der Waals surface area contributed by atoms with E-state index in [1.165, 1.54) is 12.0 Å². The van der Waals surface area contributed by atoms with E-state index in [-0.39, 0.29) is 43.8 Å². The summed E-state index contributed by atoms with van der Waals surface area (Å²) in [4.78, 5) is 30.6. The molecular formula is C20H22FN3O3. The van der Waals surface area contributed by atoms with E-state index in [9.17, 15) is 14.0 Å². The van der Waals surface area contributed by atoms with E-state index in [0.29, 0.717) is 17.0 Å². The number of carbonyl (C=O) groups is 2. The fourth-order valence-corrected chi connectivity index (χ4v) is 3.19. The van der Waals surface area contributed by atoms with Gasteiger partial charge in [0.2, 0.25) is 5.91 Å². The lowest BCUT2D eigenvalue weighted by molar-refractivity contribution is -0.131. The summed E-state index contributed by atoms with van der Waals surface area (Å²) in [5, 5.41) is 2.79. The Morgan fingerprint density at radius 3 is 2.89 bits per heavy atom. The van der Waals surface area contributed by atoms with Gasteiger partial charge in [-0.1, -0.05) is 12.1 Å². The first-order valence-electron chi connectivity index (χ1n) is 8.82. The number of amides is 2. The number of likely N-dealkylation sites (tertiary alicyclic amines) is 1. The third kappa shape index (κ3) is 4.81. The molecule has 3 rings (SSSR count). The van der Waals surface area contributed by atoms with E-state index in [2.05, 4.69) is 10.3 Å². The first kappa shape index (κ1) is 18.8. The summed E-state index contributed by atoms with van der Waals surface area (Å²) in [6, 6.07) is 11.8. The van der Waals surface area contributed by atoms with Gasteiger partial charge in [0.15, 0.2) is 0 Å². The second-order valence-corrected chi connectivity index (χ2v) is 6.47. The zero-order chi connectivity index (χ0) is 19.2. The van der Waals surface area contributed by atoms with Crippen molar-refractivity contribution in [3.63, 3.8) is 0 Å². The summed E-state index contributed by atoms with van der Waals surface area (Å²) < 4.78 is 19.0. The molecule has 6 nitrogen and oxygen atoms in total. The van der Waals surface area contributed by atoms with Crippen LogP contribution in [0.1, 0.15) is 22.5 Å². The molecule has 1 N–H and O–H groups in total. The molecule has 142 valence electrons. The summed E-state index contributed by atoms with van der Waals surface area (Å²) in [7, 11) is 1.53. The lowest BCUT2D eigenvalue weighted by atomic mass is 10.1. The lowest BCUT2D eigenvalue weighted by Gasteiger charge is -2.24. The minimum atomic E-state index is -1.09. The van der Waals surface area contributed by atoms with Crippen molar-refractivity contribution in [2.24, 2.45) is 0 Å². The summed E-state index contributed by atoms with van der Waals surface area (Å²) in [5.74, 6) is 0.113. The number of pyridine rings is 1. The van der Waals surface area contributed by atoms with Crippen molar-refractivity contribution < 1.29 is 18.7 Å². The molecule has 1 aliphatic rings. The van der Waals surface area contributed by atoms with Crippen molar-refractivity contribution >= 4 is 11.8 Å². The van der Waals surface area contributed by atoms with Crippen molar-refractivity contribution in [1.82, 2.24) is 15.2 Å². The molecule has 0 spiro atoms. The maximum absolute atomic E-state index is 13.9. The molecule has 1 aliphatic heterocycles. The van der Waals surface area contributed by atoms with Crippen LogP contribution in [0.25, 0.3) is 0 Å². The van der Waals surface area contributed by atoms with E-state index in [4.69, 9.17) is 4.74 Å². The number of aromatic nitrogens is 1. The van der Waals surface area contributed by atoms with E-state index < -0.39 is 6.17 Å². The number of carbonyl (C=O) groups excluding carboxylic acids is 2. The Balaban J connectivity index is 1.60. The molecule has 1 aromatic heterocycles. The van der Waals surface area contributed by atoms with Gasteiger partial charge in [-0.3, -0.25) is 14.6 Å². The van der Waals surface area contributed by atoms with Gasteiger partial charge in [-0.25, -0.2) is 4.39 Å². The predicted molar refractivity (Wildman–Crippen MR) is 98.3 cm³/mol. The van der Waals surface area contributed by atoms with E-state index in [1.54, 1.807) is 42.6 Å². The minimum absolute atomic E-state index is 0.0470. The molecule has 0 unspecified atom stereocenters. The Labute approximate surface area is 157 Å². The SMILES string of the molecule is COc1cccc(C(=O)NC[C@@H]2C[C@H](F)CN2C(=O)Cc2ccccn2)c1. The normalized spacial score (nSPS) is 19.0. The van der Waals surface area contributed by atoms with Crippen molar-refractivity contribution in [3.05, 3.63) is 59.9 Å². The zero-order valence-corrected chi connectivity index (χ0v) is 15.1. The van der Waals surface area contributed by atoms with E-state index in [0.717, 1.165) is 0 Å². The molecule has 0 saturated carbocycles. The van der Waals surface area contributed by atoms with Gasteiger partial charge in [0, 0.05) is 30.4 Å². The van der Waals surface area contributed by atoms with Crippen molar-refractivity contribution in [2.75, 3.05) is 20.2 Å². The van der Waals surface area contributed by atoms with Crippen LogP contribution in [0.15, 0.2) is 48.7 Å². The van der Waals surface area contributed by atoms with Gasteiger partial charge >= 0.3 is 0 Å². The smallest absolute Gasteiger partial charge is 0.251 e. The fraction of sp³-hybridized carbons (Fsp3) is 0.350. The van der Waals surface area contributed by atoms with Crippen LogP contribution in [0.4, 0.5) is 4.39 Å². The highest BCUT2D eigenvalue weighted by atomic mass is 19.1. The molecule has 2 aromatic rings. The molecule has 2 amide bonds. The average molecular weight is 371 g/mol. The molecule has 1 fully saturated rings. The molecule has 7 heteroatoms. The van der Waals surface area contributed by atoms with Crippen LogP contribution < -0.4 is 10.1 Å². The monoisotopic (exact) mass is 371 g/mol. The molecular weight excluding hydrogens is 349 g/mol. The topological polar surface area (TPSA) is 71.5 Å². The number of halogens is 1. The van der Waals surface area contributed by atoms with Crippen LogP contribution in [-0.4, -0.2) is 54.1 Å². The number of alkyl halides is 1. The minimum Gasteiger partial charge on any atom is -0.497 e. The van der Waals surface area contributed by atoms with Crippen LogP contribution in [0.2, 0.25) is 0 Å². The highest BCUT2D eigenvalue weighted by Crippen LogP contribution is 2.21. The average Bonchev–Trinajstić information content (AvgIpc) is 3.07.